The lowest BCUT2D eigenvalue weighted by molar-refractivity contribution is -0.140. The first-order valence-electron chi connectivity index (χ1n) is 11.9. The third-order valence-corrected chi connectivity index (χ3v) is 7.40. The molecule has 9 heteroatoms. The van der Waals surface area contributed by atoms with Crippen molar-refractivity contribution in [3.63, 3.8) is 0 Å². The number of rotatable bonds is 6. The molecule has 2 aromatic carbocycles. The van der Waals surface area contributed by atoms with E-state index in [9.17, 15) is 23.6 Å². The van der Waals surface area contributed by atoms with E-state index in [-0.39, 0.29) is 36.0 Å². The smallest absolute Gasteiger partial charge is 0.241 e. The molecule has 4 atom stereocenters. The second-order valence-corrected chi connectivity index (χ2v) is 9.54. The number of likely N-dealkylation sites (tertiary alicyclic amines) is 3. The zero-order valence-electron chi connectivity index (χ0n) is 19.2. The number of carbonyl (C=O) groups is 2. The maximum Gasteiger partial charge on any atom is 0.241 e. The van der Waals surface area contributed by atoms with Crippen LogP contribution in [-0.2, 0) is 9.59 Å². The molecule has 35 heavy (non-hydrogen) atoms. The Hall–Kier alpha value is -3.35. The van der Waals surface area contributed by atoms with Gasteiger partial charge in [-0.1, -0.05) is 24.3 Å². The van der Waals surface area contributed by atoms with E-state index < -0.39 is 24.2 Å². The maximum atomic E-state index is 13.6. The lowest BCUT2D eigenvalue weighted by Gasteiger charge is -2.40. The van der Waals surface area contributed by atoms with Crippen molar-refractivity contribution in [1.29, 1.82) is 5.26 Å². The van der Waals surface area contributed by atoms with E-state index in [2.05, 4.69) is 6.07 Å². The van der Waals surface area contributed by atoms with Crippen molar-refractivity contribution in [1.82, 2.24) is 14.7 Å². The van der Waals surface area contributed by atoms with Crippen LogP contribution in [0.5, 0.6) is 0 Å². The van der Waals surface area contributed by atoms with Crippen molar-refractivity contribution in [2.45, 2.75) is 49.5 Å². The van der Waals surface area contributed by atoms with Crippen LogP contribution in [0.25, 0.3) is 0 Å². The zero-order valence-corrected chi connectivity index (χ0v) is 19.2. The lowest BCUT2D eigenvalue weighted by Crippen LogP contribution is -2.57. The van der Waals surface area contributed by atoms with Crippen LogP contribution in [0.3, 0.4) is 0 Å². The number of nitrogens with zero attached hydrogens (tertiary/aromatic N) is 4. The first-order valence-corrected chi connectivity index (χ1v) is 11.9. The Bertz CT molecular complexity index is 1100. The van der Waals surface area contributed by atoms with Crippen molar-refractivity contribution in [2.75, 3.05) is 19.6 Å². The number of nitrogens with two attached hydrogens (primary N) is 1. The van der Waals surface area contributed by atoms with E-state index in [0.717, 1.165) is 17.5 Å². The van der Waals surface area contributed by atoms with Gasteiger partial charge >= 0.3 is 0 Å². The fourth-order valence-corrected chi connectivity index (χ4v) is 5.74. The van der Waals surface area contributed by atoms with Crippen molar-refractivity contribution in [3.05, 3.63) is 71.3 Å². The number of carbonyl (C=O) groups excluding carboxylic acids is 2. The number of amides is 2. The van der Waals surface area contributed by atoms with Gasteiger partial charge in [0.15, 0.2) is 0 Å². The normalized spacial score (nSPS) is 24.9. The quantitative estimate of drug-likeness (QED) is 0.686. The Morgan fingerprint density at radius 1 is 1.09 bits per heavy atom. The van der Waals surface area contributed by atoms with Crippen molar-refractivity contribution >= 4 is 11.8 Å². The fraction of sp³-hybridized carbons (Fsp3) is 0.423. The summed E-state index contributed by atoms with van der Waals surface area (Å²) < 4.78 is 27.2. The van der Waals surface area contributed by atoms with Gasteiger partial charge in [-0.15, -0.1) is 0 Å². The molecule has 3 fully saturated rings. The van der Waals surface area contributed by atoms with Gasteiger partial charge in [0.25, 0.3) is 0 Å². The van der Waals surface area contributed by atoms with Gasteiger partial charge in [0.2, 0.25) is 11.8 Å². The summed E-state index contributed by atoms with van der Waals surface area (Å²) in [5, 5.41) is 9.28. The average molecular weight is 480 g/mol. The van der Waals surface area contributed by atoms with Crippen molar-refractivity contribution in [2.24, 2.45) is 5.73 Å². The van der Waals surface area contributed by atoms with Crippen LogP contribution in [0.1, 0.15) is 36.4 Å². The van der Waals surface area contributed by atoms with Gasteiger partial charge in [0.05, 0.1) is 24.2 Å². The highest BCUT2D eigenvalue weighted by Gasteiger charge is 2.52. The SMILES string of the molecule is N#C[C@@H]1CCCN1C(=O)[C@@H](N)CN1C[C@@H]2C[C@H]1C(=O)N2C(c1ccc(F)cc1)c1ccc(F)cc1. The highest BCUT2D eigenvalue weighted by Crippen LogP contribution is 2.41. The Balaban J connectivity index is 1.34. The molecule has 3 aliphatic heterocycles. The van der Waals surface area contributed by atoms with Gasteiger partial charge < -0.3 is 15.5 Å². The summed E-state index contributed by atoms with van der Waals surface area (Å²) in [6, 6.07) is 11.9. The first-order chi connectivity index (χ1) is 16.9. The largest absolute Gasteiger partial charge is 0.326 e. The molecule has 3 saturated heterocycles. The first kappa shape index (κ1) is 23.4. The number of benzene rings is 2. The highest BCUT2D eigenvalue weighted by atomic mass is 19.1. The molecular weight excluding hydrogens is 452 g/mol. The van der Waals surface area contributed by atoms with E-state index in [1.54, 1.807) is 34.1 Å². The zero-order chi connectivity index (χ0) is 24.7. The summed E-state index contributed by atoms with van der Waals surface area (Å²) in [6.07, 6.45) is 2.04. The van der Waals surface area contributed by atoms with E-state index in [0.29, 0.717) is 25.9 Å². The molecule has 0 aromatic heterocycles. The minimum absolute atomic E-state index is 0.0874. The monoisotopic (exact) mass is 479 g/mol. The Kier molecular flexibility index (Phi) is 6.26. The third kappa shape index (κ3) is 4.28. The number of fused-ring (bicyclic) bond motifs is 2. The van der Waals surface area contributed by atoms with Gasteiger partial charge in [-0.2, -0.15) is 5.26 Å². The Morgan fingerprint density at radius 2 is 1.69 bits per heavy atom. The molecule has 0 unspecified atom stereocenters. The average Bonchev–Trinajstić information content (AvgIpc) is 3.57. The maximum absolute atomic E-state index is 13.6. The topological polar surface area (TPSA) is 93.7 Å². The van der Waals surface area contributed by atoms with Crippen LogP contribution in [0.15, 0.2) is 48.5 Å². The van der Waals surface area contributed by atoms with Crippen LogP contribution in [-0.4, -0.2) is 70.3 Å². The number of nitriles is 1. The minimum Gasteiger partial charge on any atom is -0.326 e. The number of halogens is 2. The number of hydrogen-bond acceptors (Lipinski definition) is 5. The Morgan fingerprint density at radius 3 is 2.23 bits per heavy atom. The van der Waals surface area contributed by atoms with Gasteiger partial charge in [0.1, 0.15) is 17.7 Å². The molecule has 2 N–H and O–H groups in total. The summed E-state index contributed by atoms with van der Waals surface area (Å²) in [7, 11) is 0. The third-order valence-electron chi connectivity index (χ3n) is 7.40. The summed E-state index contributed by atoms with van der Waals surface area (Å²) in [5.41, 5.74) is 7.73. The standard InChI is InChI=1S/C26H27F2N5O2/c27-18-7-3-16(4-8-18)24(17-5-9-19(28)10-6-17)33-21-12-23(26(33)35)31(14-21)15-22(30)25(34)32-11-1-2-20(32)13-29/h3-10,20-24H,1-2,11-12,14-15,30H2/t20-,21-,22-,23-/m0/s1. The molecular formula is C26H27F2N5O2. The van der Waals surface area contributed by atoms with Crippen LogP contribution >= 0.6 is 0 Å². The minimum atomic E-state index is -0.811. The Labute approximate surface area is 202 Å². The summed E-state index contributed by atoms with van der Waals surface area (Å²) >= 11 is 0. The summed E-state index contributed by atoms with van der Waals surface area (Å²) in [6.45, 7) is 1.32. The molecule has 5 rings (SSSR count). The molecule has 3 heterocycles. The van der Waals surface area contributed by atoms with Crippen LogP contribution in [0, 0.1) is 23.0 Å². The summed E-state index contributed by atoms with van der Waals surface area (Å²) in [5.74, 6) is -1.09. The highest BCUT2D eigenvalue weighted by molar-refractivity contribution is 5.87. The molecule has 0 spiro atoms. The molecule has 2 bridgehead atoms. The second kappa shape index (κ2) is 9.36. The van der Waals surface area contributed by atoms with Crippen LogP contribution in [0.4, 0.5) is 8.78 Å². The molecule has 2 amide bonds. The predicted molar refractivity (Wildman–Crippen MR) is 124 cm³/mol. The molecule has 0 radical (unpaired) electrons. The summed E-state index contributed by atoms with van der Waals surface area (Å²) in [4.78, 5) is 31.7. The van der Waals surface area contributed by atoms with Crippen molar-refractivity contribution < 1.29 is 18.4 Å². The molecule has 3 aliphatic rings. The van der Waals surface area contributed by atoms with Gasteiger partial charge in [-0.3, -0.25) is 14.5 Å². The van der Waals surface area contributed by atoms with Gasteiger partial charge in [-0.05, 0) is 54.7 Å². The van der Waals surface area contributed by atoms with E-state index >= 15 is 0 Å². The van der Waals surface area contributed by atoms with E-state index in [4.69, 9.17) is 5.73 Å². The molecule has 0 aliphatic carbocycles. The van der Waals surface area contributed by atoms with E-state index in [1.165, 1.54) is 24.3 Å². The molecule has 7 nitrogen and oxygen atoms in total. The predicted octanol–water partition coefficient (Wildman–Crippen LogP) is 2.18. The van der Waals surface area contributed by atoms with Gasteiger partial charge in [0, 0.05) is 25.7 Å². The molecule has 0 saturated carbocycles. The van der Waals surface area contributed by atoms with Gasteiger partial charge in [-0.25, -0.2) is 8.78 Å². The number of piperazine rings is 1. The molecule has 2 aromatic rings. The second-order valence-electron chi connectivity index (χ2n) is 9.54. The molecule has 182 valence electrons. The van der Waals surface area contributed by atoms with E-state index in [1.807, 2.05) is 4.90 Å². The van der Waals surface area contributed by atoms with Crippen molar-refractivity contribution in [3.8, 4) is 6.07 Å². The van der Waals surface area contributed by atoms with Crippen LogP contribution in [0.2, 0.25) is 0 Å². The fourth-order valence-electron chi connectivity index (χ4n) is 5.74. The number of hydrogen-bond donors (Lipinski definition) is 1. The van der Waals surface area contributed by atoms with Crippen LogP contribution < -0.4 is 5.73 Å². The lowest BCUT2D eigenvalue weighted by atomic mass is 9.96.